The van der Waals surface area contributed by atoms with E-state index in [-0.39, 0.29) is 25.0 Å². The summed E-state index contributed by atoms with van der Waals surface area (Å²) in [6.07, 6.45) is 1.39. The zero-order valence-corrected chi connectivity index (χ0v) is 15.9. The second-order valence-corrected chi connectivity index (χ2v) is 6.18. The summed E-state index contributed by atoms with van der Waals surface area (Å²) in [6.45, 7) is 6.34. The SMILES string of the molecule is CC(=O)OC(COc1ccccc1)Cn1cnc2cc(C)c(C)cc21.[Cl-]. The van der Waals surface area contributed by atoms with Crippen molar-refractivity contribution in [3.8, 4) is 5.75 Å². The smallest absolute Gasteiger partial charge is 0.303 e. The van der Waals surface area contributed by atoms with Gasteiger partial charge in [0.15, 0.2) is 6.10 Å². The number of hydrogen-bond donors (Lipinski definition) is 0. The number of benzene rings is 2. The van der Waals surface area contributed by atoms with Crippen molar-refractivity contribution in [2.45, 2.75) is 33.4 Å². The molecular weight excluding hydrogens is 352 g/mol. The van der Waals surface area contributed by atoms with Crippen molar-refractivity contribution in [2.24, 2.45) is 0 Å². The normalized spacial score (nSPS) is 11.7. The first-order chi connectivity index (χ1) is 12.0. The van der Waals surface area contributed by atoms with Crippen molar-refractivity contribution < 1.29 is 26.7 Å². The van der Waals surface area contributed by atoms with Crippen molar-refractivity contribution in [1.29, 1.82) is 0 Å². The molecule has 1 aromatic heterocycles. The van der Waals surface area contributed by atoms with Crippen molar-refractivity contribution in [2.75, 3.05) is 6.61 Å². The maximum absolute atomic E-state index is 11.5. The number of nitrogens with zero attached hydrogens (tertiary/aromatic N) is 2. The van der Waals surface area contributed by atoms with Gasteiger partial charge < -0.3 is 26.4 Å². The lowest BCUT2D eigenvalue weighted by Crippen LogP contribution is -3.00. The second-order valence-electron chi connectivity index (χ2n) is 6.18. The molecule has 0 aliphatic carbocycles. The maximum atomic E-state index is 11.5. The molecule has 0 N–H and O–H groups in total. The number of esters is 1. The first kappa shape index (κ1) is 19.8. The lowest BCUT2D eigenvalue weighted by atomic mass is 10.1. The van der Waals surface area contributed by atoms with E-state index in [1.165, 1.54) is 18.1 Å². The molecule has 0 fully saturated rings. The molecular formula is C20H22ClN2O3-. The quantitative estimate of drug-likeness (QED) is 0.596. The number of aromatic nitrogens is 2. The number of halogens is 1. The monoisotopic (exact) mass is 373 g/mol. The zero-order valence-electron chi connectivity index (χ0n) is 15.1. The van der Waals surface area contributed by atoms with E-state index in [4.69, 9.17) is 9.47 Å². The van der Waals surface area contributed by atoms with E-state index in [0.29, 0.717) is 6.54 Å². The second kappa shape index (κ2) is 8.72. The molecule has 5 nitrogen and oxygen atoms in total. The molecule has 1 heterocycles. The van der Waals surface area contributed by atoms with Crippen molar-refractivity contribution in [1.82, 2.24) is 9.55 Å². The summed E-state index contributed by atoms with van der Waals surface area (Å²) < 4.78 is 13.2. The van der Waals surface area contributed by atoms with Gasteiger partial charge in [0.1, 0.15) is 12.4 Å². The molecule has 0 aliphatic heterocycles. The predicted octanol–water partition coefficient (Wildman–Crippen LogP) is 0.668. The van der Waals surface area contributed by atoms with Crippen LogP contribution in [-0.2, 0) is 16.1 Å². The molecule has 0 amide bonds. The van der Waals surface area contributed by atoms with Crippen LogP contribution >= 0.6 is 0 Å². The molecule has 26 heavy (non-hydrogen) atoms. The summed E-state index contributed by atoms with van der Waals surface area (Å²) in [7, 11) is 0. The fraction of sp³-hybridized carbons (Fsp3) is 0.300. The van der Waals surface area contributed by atoms with Crippen LogP contribution in [0.4, 0.5) is 0 Å². The third-order valence-electron chi connectivity index (χ3n) is 4.15. The van der Waals surface area contributed by atoms with Gasteiger partial charge in [0.05, 0.1) is 23.9 Å². The van der Waals surface area contributed by atoms with E-state index in [0.717, 1.165) is 16.8 Å². The Kier molecular flexibility index (Phi) is 6.64. The van der Waals surface area contributed by atoms with Crippen LogP contribution in [0.25, 0.3) is 11.0 Å². The highest BCUT2D eigenvalue weighted by molar-refractivity contribution is 5.77. The summed E-state index contributed by atoms with van der Waals surface area (Å²) in [4.78, 5) is 15.9. The molecule has 2 aromatic carbocycles. The first-order valence-electron chi connectivity index (χ1n) is 8.30. The number of imidazole rings is 1. The van der Waals surface area contributed by atoms with Crippen molar-refractivity contribution >= 4 is 17.0 Å². The molecule has 138 valence electrons. The van der Waals surface area contributed by atoms with Gasteiger partial charge in [0, 0.05) is 6.92 Å². The Bertz CT molecular complexity index is 877. The topological polar surface area (TPSA) is 53.4 Å². The van der Waals surface area contributed by atoms with Gasteiger partial charge in [0.2, 0.25) is 0 Å². The Balaban J connectivity index is 0.00000243. The third-order valence-corrected chi connectivity index (χ3v) is 4.15. The number of carbonyl (C=O) groups excluding carboxylic acids is 1. The van der Waals surface area contributed by atoms with Crippen LogP contribution in [-0.4, -0.2) is 28.2 Å². The number of rotatable bonds is 6. The fourth-order valence-corrected chi connectivity index (χ4v) is 2.74. The fourth-order valence-electron chi connectivity index (χ4n) is 2.74. The van der Waals surface area contributed by atoms with Crippen LogP contribution in [0.3, 0.4) is 0 Å². The first-order valence-corrected chi connectivity index (χ1v) is 8.30. The summed E-state index contributed by atoms with van der Waals surface area (Å²) in [5.74, 6) is 0.430. The van der Waals surface area contributed by atoms with Gasteiger partial charge in [-0.2, -0.15) is 0 Å². The predicted molar refractivity (Wildman–Crippen MR) is 96.7 cm³/mol. The van der Waals surface area contributed by atoms with Crippen LogP contribution in [0.2, 0.25) is 0 Å². The van der Waals surface area contributed by atoms with E-state index >= 15 is 0 Å². The van der Waals surface area contributed by atoms with E-state index in [1.807, 2.05) is 34.9 Å². The summed E-state index contributed by atoms with van der Waals surface area (Å²) >= 11 is 0. The van der Waals surface area contributed by atoms with E-state index in [9.17, 15) is 4.79 Å². The minimum absolute atomic E-state index is 0. The molecule has 6 heteroatoms. The number of carbonyl (C=O) groups is 1. The molecule has 1 atom stereocenters. The molecule has 0 bridgehead atoms. The summed E-state index contributed by atoms with van der Waals surface area (Å²) in [5, 5.41) is 0. The van der Waals surface area contributed by atoms with Crippen LogP contribution in [0.5, 0.6) is 5.75 Å². The highest BCUT2D eigenvalue weighted by Crippen LogP contribution is 2.19. The average Bonchev–Trinajstić information content (AvgIpc) is 2.95. The van der Waals surface area contributed by atoms with Gasteiger partial charge in [0.25, 0.3) is 0 Å². The van der Waals surface area contributed by atoms with E-state index in [2.05, 4.69) is 31.0 Å². The van der Waals surface area contributed by atoms with Gasteiger partial charge in [-0.15, -0.1) is 0 Å². The Morgan fingerprint density at radius 1 is 1.15 bits per heavy atom. The molecule has 0 radical (unpaired) electrons. The molecule has 0 spiro atoms. The van der Waals surface area contributed by atoms with Crippen molar-refractivity contribution in [3.05, 3.63) is 59.9 Å². The Morgan fingerprint density at radius 3 is 2.54 bits per heavy atom. The highest BCUT2D eigenvalue weighted by Gasteiger charge is 2.16. The number of para-hydroxylation sites is 1. The van der Waals surface area contributed by atoms with Crippen LogP contribution in [0, 0.1) is 13.8 Å². The lowest BCUT2D eigenvalue weighted by Gasteiger charge is -2.19. The Labute approximate surface area is 159 Å². The largest absolute Gasteiger partial charge is 1.00 e. The molecule has 0 saturated heterocycles. The molecule has 3 aromatic rings. The average molecular weight is 374 g/mol. The van der Waals surface area contributed by atoms with Gasteiger partial charge in [-0.05, 0) is 49.2 Å². The standard InChI is InChI=1S/C20H22N2O3.ClH/c1-14-9-19-20(10-15(14)2)22(13-21-19)11-18(25-16(3)23)12-24-17-7-5-4-6-8-17;/h4-10,13,18H,11-12H2,1-3H3;1H/p-1. The maximum Gasteiger partial charge on any atom is 0.303 e. The van der Waals surface area contributed by atoms with Gasteiger partial charge in [-0.3, -0.25) is 4.79 Å². The number of ether oxygens (including phenoxy) is 2. The van der Waals surface area contributed by atoms with Crippen LogP contribution in [0.15, 0.2) is 48.8 Å². The van der Waals surface area contributed by atoms with Gasteiger partial charge in [-0.1, -0.05) is 18.2 Å². The van der Waals surface area contributed by atoms with Gasteiger partial charge in [-0.25, -0.2) is 4.98 Å². The minimum Gasteiger partial charge on any atom is -1.00 e. The molecule has 1 unspecified atom stereocenters. The zero-order chi connectivity index (χ0) is 17.8. The molecule has 0 saturated carbocycles. The minimum atomic E-state index is -0.392. The number of aryl methyl sites for hydroxylation is 2. The summed E-state index contributed by atoms with van der Waals surface area (Å²) in [6, 6.07) is 13.7. The van der Waals surface area contributed by atoms with Crippen LogP contribution < -0.4 is 17.1 Å². The van der Waals surface area contributed by atoms with Crippen LogP contribution in [0.1, 0.15) is 18.1 Å². The summed E-state index contributed by atoms with van der Waals surface area (Å²) in [5.41, 5.74) is 4.38. The van der Waals surface area contributed by atoms with Crippen molar-refractivity contribution in [3.63, 3.8) is 0 Å². The van der Waals surface area contributed by atoms with Gasteiger partial charge >= 0.3 is 5.97 Å². The van der Waals surface area contributed by atoms with E-state index in [1.54, 1.807) is 6.33 Å². The number of hydrogen-bond acceptors (Lipinski definition) is 4. The highest BCUT2D eigenvalue weighted by atomic mass is 35.5. The molecule has 0 aliphatic rings. The third kappa shape index (κ3) is 4.76. The lowest BCUT2D eigenvalue weighted by molar-refractivity contribution is -0.148. The number of fused-ring (bicyclic) bond motifs is 1. The molecule has 3 rings (SSSR count). The van der Waals surface area contributed by atoms with E-state index < -0.39 is 6.10 Å². The Morgan fingerprint density at radius 2 is 1.85 bits per heavy atom. The Hall–Kier alpha value is -2.53.